The summed E-state index contributed by atoms with van der Waals surface area (Å²) in [5.41, 5.74) is 0. The molecule has 3 nitrogen and oxygen atoms in total. The number of rotatable bonds is 6. The summed E-state index contributed by atoms with van der Waals surface area (Å²) in [6.45, 7) is 5.09. The molecule has 19 heavy (non-hydrogen) atoms. The maximum absolute atomic E-state index is 4.61. The third-order valence-electron chi connectivity index (χ3n) is 2.55. The number of anilines is 1. The zero-order valence-electron chi connectivity index (χ0n) is 11.4. The molecule has 1 heterocycles. The SMILES string of the molecule is CCCc1nc(NCC)cc(Sc2ccccc2)n1. The Hall–Kier alpha value is -1.55. The van der Waals surface area contributed by atoms with E-state index >= 15 is 0 Å². The Kier molecular flexibility index (Phi) is 5.21. The van der Waals surface area contributed by atoms with E-state index in [1.54, 1.807) is 11.8 Å². The second-order valence-corrected chi connectivity index (χ2v) is 5.30. The monoisotopic (exact) mass is 273 g/mol. The first kappa shape index (κ1) is 13.9. The van der Waals surface area contributed by atoms with Gasteiger partial charge in [0, 0.05) is 23.9 Å². The number of aryl methyl sites for hydroxylation is 1. The van der Waals surface area contributed by atoms with E-state index in [-0.39, 0.29) is 0 Å². The number of benzene rings is 1. The normalized spacial score (nSPS) is 10.4. The van der Waals surface area contributed by atoms with E-state index in [2.05, 4.69) is 41.3 Å². The molecule has 1 aromatic carbocycles. The number of nitrogens with one attached hydrogen (secondary N) is 1. The van der Waals surface area contributed by atoms with Crippen LogP contribution in [0.15, 0.2) is 46.3 Å². The molecule has 0 saturated carbocycles. The van der Waals surface area contributed by atoms with Crippen LogP contribution in [0.25, 0.3) is 0 Å². The van der Waals surface area contributed by atoms with Gasteiger partial charge in [0.15, 0.2) is 0 Å². The van der Waals surface area contributed by atoms with Crippen LogP contribution in [0.1, 0.15) is 26.1 Å². The Morgan fingerprint density at radius 3 is 2.58 bits per heavy atom. The zero-order valence-corrected chi connectivity index (χ0v) is 12.2. The second-order valence-electron chi connectivity index (χ2n) is 4.20. The summed E-state index contributed by atoms with van der Waals surface area (Å²) < 4.78 is 0. The van der Waals surface area contributed by atoms with E-state index in [1.807, 2.05) is 24.3 Å². The van der Waals surface area contributed by atoms with Crippen LogP contribution in [-0.4, -0.2) is 16.5 Å². The van der Waals surface area contributed by atoms with Gasteiger partial charge in [0.2, 0.25) is 0 Å². The number of nitrogens with zero attached hydrogens (tertiary/aromatic N) is 2. The van der Waals surface area contributed by atoms with E-state index < -0.39 is 0 Å². The summed E-state index contributed by atoms with van der Waals surface area (Å²) in [5, 5.41) is 4.27. The predicted octanol–water partition coefficient (Wildman–Crippen LogP) is 4.01. The summed E-state index contributed by atoms with van der Waals surface area (Å²) in [6.07, 6.45) is 1.98. The fraction of sp³-hybridized carbons (Fsp3) is 0.333. The minimum atomic E-state index is 0.873. The Labute approximate surface area is 118 Å². The average Bonchev–Trinajstić information content (AvgIpc) is 2.40. The van der Waals surface area contributed by atoms with Crippen molar-refractivity contribution in [3.05, 3.63) is 42.2 Å². The fourth-order valence-electron chi connectivity index (χ4n) is 1.74. The van der Waals surface area contributed by atoms with Crippen LogP contribution in [0.2, 0.25) is 0 Å². The Bertz CT molecular complexity index is 490. The van der Waals surface area contributed by atoms with Crippen molar-refractivity contribution in [1.82, 2.24) is 9.97 Å². The molecule has 0 aliphatic carbocycles. The summed E-state index contributed by atoms with van der Waals surface area (Å²) in [5.74, 6) is 1.83. The minimum absolute atomic E-state index is 0.873. The predicted molar refractivity (Wildman–Crippen MR) is 80.8 cm³/mol. The van der Waals surface area contributed by atoms with Gasteiger partial charge in [-0.1, -0.05) is 36.9 Å². The van der Waals surface area contributed by atoms with Crippen LogP contribution in [0.4, 0.5) is 5.82 Å². The van der Waals surface area contributed by atoms with Crippen LogP contribution in [0.5, 0.6) is 0 Å². The van der Waals surface area contributed by atoms with Gasteiger partial charge in [0.25, 0.3) is 0 Å². The van der Waals surface area contributed by atoms with Crippen molar-refractivity contribution in [1.29, 1.82) is 0 Å². The first-order valence-electron chi connectivity index (χ1n) is 6.66. The summed E-state index contributed by atoms with van der Waals surface area (Å²) in [6, 6.07) is 12.3. The fourth-order valence-corrected chi connectivity index (χ4v) is 2.60. The lowest BCUT2D eigenvalue weighted by Gasteiger charge is -2.08. The molecule has 0 radical (unpaired) electrons. The van der Waals surface area contributed by atoms with Gasteiger partial charge in [0.1, 0.15) is 16.7 Å². The molecule has 0 amide bonds. The molecule has 0 aliphatic rings. The van der Waals surface area contributed by atoms with Crippen LogP contribution in [-0.2, 0) is 6.42 Å². The van der Waals surface area contributed by atoms with Crippen molar-refractivity contribution in [3.63, 3.8) is 0 Å². The third-order valence-corrected chi connectivity index (χ3v) is 3.47. The largest absolute Gasteiger partial charge is 0.370 e. The highest BCUT2D eigenvalue weighted by molar-refractivity contribution is 7.99. The molecule has 0 bridgehead atoms. The van der Waals surface area contributed by atoms with Crippen molar-refractivity contribution < 1.29 is 0 Å². The first-order valence-corrected chi connectivity index (χ1v) is 7.48. The van der Waals surface area contributed by atoms with E-state index in [0.717, 1.165) is 36.1 Å². The van der Waals surface area contributed by atoms with E-state index in [1.165, 1.54) is 4.90 Å². The number of hydrogen-bond donors (Lipinski definition) is 1. The standard InChI is InChI=1S/C15H19N3S/c1-3-8-13-17-14(16-4-2)11-15(18-13)19-12-9-6-5-7-10-12/h5-7,9-11H,3-4,8H2,1-2H3,(H,16,17,18). The molecule has 1 aromatic heterocycles. The molecule has 2 rings (SSSR count). The van der Waals surface area contributed by atoms with Gasteiger partial charge in [-0.05, 0) is 25.5 Å². The number of aromatic nitrogens is 2. The molecule has 0 atom stereocenters. The van der Waals surface area contributed by atoms with Crippen molar-refractivity contribution in [2.45, 2.75) is 36.6 Å². The quantitative estimate of drug-likeness (QED) is 0.807. The van der Waals surface area contributed by atoms with E-state index in [9.17, 15) is 0 Å². The highest BCUT2D eigenvalue weighted by atomic mass is 32.2. The molecular formula is C15H19N3S. The lowest BCUT2D eigenvalue weighted by molar-refractivity contribution is 0.810. The molecule has 0 saturated heterocycles. The molecule has 4 heteroatoms. The van der Waals surface area contributed by atoms with E-state index in [4.69, 9.17) is 0 Å². The maximum atomic E-state index is 4.61. The maximum Gasteiger partial charge on any atom is 0.132 e. The van der Waals surface area contributed by atoms with Crippen molar-refractivity contribution in [2.24, 2.45) is 0 Å². The molecule has 100 valence electrons. The van der Waals surface area contributed by atoms with Crippen LogP contribution < -0.4 is 5.32 Å². The van der Waals surface area contributed by atoms with E-state index in [0.29, 0.717) is 0 Å². The highest BCUT2D eigenvalue weighted by Crippen LogP contribution is 2.27. The van der Waals surface area contributed by atoms with Crippen molar-refractivity contribution >= 4 is 17.6 Å². The van der Waals surface area contributed by atoms with Crippen LogP contribution in [0, 0.1) is 0 Å². The van der Waals surface area contributed by atoms with Gasteiger partial charge in [0.05, 0.1) is 0 Å². The van der Waals surface area contributed by atoms with Gasteiger partial charge in [-0.2, -0.15) is 0 Å². The number of hydrogen-bond acceptors (Lipinski definition) is 4. The zero-order chi connectivity index (χ0) is 13.5. The smallest absolute Gasteiger partial charge is 0.132 e. The molecular weight excluding hydrogens is 254 g/mol. The molecule has 0 fully saturated rings. The van der Waals surface area contributed by atoms with Gasteiger partial charge in [-0.3, -0.25) is 0 Å². The van der Waals surface area contributed by atoms with Gasteiger partial charge in [-0.25, -0.2) is 9.97 Å². The average molecular weight is 273 g/mol. The molecule has 0 unspecified atom stereocenters. The second kappa shape index (κ2) is 7.14. The van der Waals surface area contributed by atoms with Gasteiger partial charge in [-0.15, -0.1) is 0 Å². The summed E-state index contributed by atoms with van der Waals surface area (Å²) in [7, 11) is 0. The van der Waals surface area contributed by atoms with Gasteiger partial charge >= 0.3 is 0 Å². The Morgan fingerprint density at radius 2 is 1.89 bits per heavy atom. The van der Waals surface area contributed by atoms with Crippen LogP contribution in [0.3, 0.4) is 0 Å². The van der Waals surface area contributed by atoms with Crippen molar-refractivity contribution in [3.8, 4) is 0 Å². The highest BCUT2D eigenvalue weighted by Gasteiger charge is 2.05. The van der Waals surface area contributed by atoms with Crippen molar-refractivity contribution in [2.75, 3.05) is 11.9 Å². The molecule has 0 aliphatic heterocycles. The first-order chi connectivity index (χ1) is 9.31. The summed E-state index contributed by atoms with van der Waals surface area (Å²) in [4.78, 5) is 10.3. The van der Waals surface area contributed by atoms with Crippen LogP contribution >= 0.6 is 11.8 Å². The molecule has 2 aromatic rings. The lowest BCUT2D eigenvalue weighted by atomic mass is 10.3. The Balaban J connectivity index is 2.23. The Morgan fingerprint density at radius 1 is 1.11 bits per heavy atom. The molecule has 0 spiro atoms. The minimum Gasteiger partial charge on any atom is -0.370 e. The third kappa shape index (κ3) is 4.24. The lowest BCUT2D eigenvalue weighted by Crippen LogP contribution is -2.04. The topological polar surface area (TPSA) is 37.8 Å². The summed E-state index contributed by atoms with van der Waals surface area (Å²) >= 11 is 1.68. The van der Waals surface area contributed by atoms with Gasteiger partial charge < -0.3 is 5.32 Å². The molecule has 1 N–H and O–H groups in total.